The highest BCUT2D eigenvalue weighted by Gasteiger charge is 2.07. The van der Waals surface area contributed by atoms with Crippen molar-refractivity contribution in [3.05, 3.63) is 53.1 Å². The zero-order valence-electron chi connectivity index (χ0n) is 8.18. The lowest BCUT2D eigenvalue weighted by molar-refractivity contribution is 0.626. The normalized spacial score (nSPS) is 10.4. The molecular weight excluding hydrogens is 232 g/mol. The fourth-order valence-corrected chi connectivity index (χ4v) is 1.61. The molecule has 0 amide bonds. The quantitative estimate of drug-likeness (QED) is 0.751. The van der Waals surface area contributed by atoms with Crippen molar-refractivity contribution in [2.24, 2.45) is 0 Å². The lowest BCUT2D eigenvalue weighted by Gasteiger charge is -2.05. The summed E-state index contributed by atoms with van der Waals surface area (Å²) < 4.78 is 26.5. The molecular formula is C12H8ClF2N. The number of nitrogens with two attached hydrogens (primary N) is 1. The highest BCUT2D eigenvalue weighted by molar-refractivity contribution is 6.31. The molecule has 16 heavy (non-hydrogen) atoms. The molecule has 2 N–H and O–H groups in total. The number of benzene rings is 2. The molecule has 82 valence electrons. The van der Waals surface area contributed by atoms with Crippen LogP contribution in [0.3, 0.4) is 0 Å². The van der Waals surface area contributed by atoms with Crippen LogP contribution in [-0.2, 0) is 0 Å². The fourth-order valence-electron chi connectivity index (χ4n) is 1.43. The van der Waals surface area contributed by atoms with Crippen molar-refractivity contribution in [1.29, 1.82) is 0 Å². The summed E-state index contributed by atoms with van der Waals surface area (Å²) in [7, 11) is 0. The molecule has 2 aromatic rings. The van der Waals surface area contributed by atoms with Crippen LogP contribution in [0, 0.1) is 11.6 Å². The second kappa shape index (κ2) is 4.10. The highest BCUT2D eigenvalue weighted by Crippen LogP contribution is 2.27. The van der Waals surface area contributed by atoms with E-state index in [1.54, 1.807) is 6.07 Å². The highest BCUT2D eigenvalue weighted by atomic mass is 35.5. The Morgan fingerprint density at radius 3 is 2.31 bits per heavy atom. The van der Waals surface area contributed by atoms with Gasteiger partial charge >= 0.3 is 0 Å². The number of hydrogen-bond donors (Lipinski definition) is 1. The second-order valence-corrected chi connectivity index (χ2v) is 3.78. The average molecular weight is 240 g/mol. The molecule has 0 aliphatic rings. The molecule has 0 saturated heterocycles. The van der Waals surface area contributed by atoms with Gasteiger partial charge in [0.1, 0.15) is 11.6 Å². The third-order valence-corrected chi connectivity index (χ3v) is 2.51. The molecule has 0 fully saturated rings. The Kier molecular flexibility index (Phi) is 2.79. The standard InChI is InChI=1S/C12H8ClF2N/c13-10-5-7(1-4-11(10)14)9-3-2-8(16)6-12(9)15/h1-6H,16H2. The van der Waals surface area contributed by atoms with Crippen molar-refractivity contribution in [2.45, 2.75) is 0 Å². The van der Waals surface area contributed by atoms with E-state index >= 15 is 0 Å². The molecule has 0 atom stereocenters. The molecule has 0 bridgehead atoms. The Morgan fingerprint density at radius 2 is 1.69 bits per heavy atom. The van der Waals surface area contributed by atoms with Crippen molar-refractivity contribution in [3.63, 3.8) is 0 Å². The third-order valence-electron chi connectivity index (χ3n) is 2.22. The molecule has 0 radical (unpaired) electrons. The maximum atomic E-state index is 13.6. The first-order valence-corrected chi connectivity index (χ1v) is 4.96. The van der Waals surface area contributed by atoms with E-state index in [0.717, 1.165) is 0 Å². The van der Waals surface area contributed by atoms with E-state index in [9.17, 15) is 8.78 Å². The smallest absolute Gasteiger partial charge is 0.141 e. The van der Waals surface area contributed by atoms with Crippen LogP contribution in [0.1, 0.15) is 0 Å². The van der Waals surface area contributed by atoms with Gasteiger partial charge in [0.15, 0.2) is 0 Å². The molecule has 0 aliphatic carbocycles. The van der Waals surface area contributed by atoms with Crippen LogP contribution in [-0.4, -0.2) is 0 Å². The zero-order valence-corrected chi connectivity index (χ0v) is 8.93. The number of anilines is 1. The first kappa shape index (κ1) is 10.9. The Balaban J connectivity index is 2.54. The second-order valence-electron chi connectivity index (χ2n) is 3.37. The summed E-state index contributed by atoms with van der Waals surface area (Å²) in [5.41, 5.74) is 6.64. The number of rotatable bonds is 1. The van der Waals surface area contributed by atoms with Crippen LogP contribution in [0.25, 0.3) is 11.1 Å². The summed E-state index contributed by atoms with van der Waals surface area (Å²) in [6.45, 7) is 0. The Hall–Kier alpha value is -1.61. The van der Waals surface area contributed by atoms with Crippen LogP contribution in [0.2, 0.25) is 5.02 Å². The third kappa shape index (κ3) is 1.99. The van der Waals surface area contributed by atoms with E-state index in [1.165, 1.54) is 30.3 Å². The Morgan fingerprint density at radius 1 is 0.938 bits per heavy atom. The topological polar surface area (TPSA) is 26.0 Å². The predicted molar refractivity (Wildman–Crippen MR) is 61.2 cm³/mol. The molecule has 0 spiro atoms. The summed E-state index contributed by atoms with van der Waals surface area (Å²) in [6.07, 6.45) is 0. The molecule has 2 aromatic carbocycles. The van der Waals surface area contributed by atoms with Gasteiger partial charge in [-0.15, -0.1) is 0 Å². The number of hydrogen-bond acceptors (Lipinski definition) is 1. The van der Waals surface area contributed by atoms with Crippen molar-refractivity contribution in [3.8, 4) is 11.1 Å². The number of nitrogen functional groups attached to an aromatic ring is 1. The molecule has 4 heteroatoms. The van der Waals surface area contributed by atoms with Crippen LogP contribution in [0.15, 0.2) is 36.4 Å². The number of halogens is 3. The van der Waals surface area contributed by atoms with Gasteiger partial charge in [-0.05, 0) is 35.9 Å². The summed E-state index contributed by atoms with van der Waals surface area (Å²) >= 11 is 5.63. The zero-order chi connectivity index (χ0) is 11.7. The van der Waals surface area contributed by atoms with Gasteiger partial charge in [0.2, 0.25) is 0 Å². The van der Waals surface area contributed by atoms with Gasteiger partial charge in [-0.2, -0.15) is 0 Å². The van der Waals surface area contributed by atoms with Crippen LogP contribution in [0.5, 0.6) is 0 Å². The summed E-state index contributed by atoms with van der Waals surface area (Å²) in [6, 6.07) is 8.38. The Labute approximate surface area is 96.5 Å². The van der Waals surface area contributed by atoms with E-state index in [1.807, 2.05) is 0 Å². The van der Waals surface area contributed by atoms with Crippen LogP contribution >= 0.6 is 11.6 Å². The van der Waals surface area contributed by atoms with Crippen molar-refractivity contribution in [2.75, 3.05) is 5.73 Å². The van der Waals surface area contributed by atoms with E-state index in [2.05, 4.69) is 0 Å². The van der Waals surface area contributed by atoms with Gasteiger partial charge in [0, 0.05) is 11.3 Å². The van der Waals surface area contributed by atoms with Gasteiger partial charge in [0.25, 0.3) is 0 Å². The van der Waals surface area contributed by atoms with Gasteiger partial charge in [-0.3, -0.25) is 0 Å². The molecule has 0 aliphatic heterocycles. The maximum absolute atomic E-state index is 13.6. The van der Waals surface area contributed by atoms with E-state index in [-0.39, 0.29) is 5.02 Å². The minimum Gasteiger partial charge on any atom is -0.399 e. The first-order chi connectivity index (χ1) is 7.58. The minimum atomic E-state index is -0.527. The van der Waals surface area contributed by atoms with Gasteiger partial charge < -0.3 is 5.73 Å². The molecule has 0 heterocycles. The monoisotopic (exact) mass is 239 g/mol. The molecule has 0 saturated carbocycles. The molecule has 0 unspecified atom stereocenters. The first-order valence-electron chi connectivity index (χ1n) is 4.58. The average Bonchev–Trinajstić information content (AvgIpc) is 2.22. The SMILES string of the molecule is Nc1ccc(-c2ccc(F)c(Cl)c2)c(F)c1. The van der Waals surface area contributed by atoms with Crippen LogP contribution in [0.4, 0.5) is 14.5 Å². The van der Waals surface area contributed by atoms with Gasteiger partial charge in [0.05, 0.1) is 5.02 Å². The van der Waals surface area contributed by atoms with Crippen molar-refractivity contribution < 1.29 is 8.78 Å². The maximum Gasteiger partial charge on any atom is 0.141 e. The van der Waals surface area contributed by atoms with E-state index in [4.69, 9.17) is 17.3 Å². The lowest BCUT2D eigenvalue weighted by atomic mass is 10.0. The largest absolute Gasteiger partial charge is 0.399 e. The lowest BCUT2D eigenvalue weighted by Crippen LogP contribution is -1.90. The minimum absolute atomic E-state index is 0.0336. The van der Waals surface area contributed by atoms with E-state index in [0.29, 0.717) is 16.8 Å². The van der Waals surface area contributed by atoms with Crippen molar-refractivity contribution >= 4 is 17.3 Å². The van der Waals surface area contributed by atoms with Crippen LogP contribution < -0.4 is 5.73 Å². The fraction of sp³-hybridized carbons (Fsp3) is 0. The summed E-state index contributed by atoms with van der Waals surface area (Å²) in [5, 5.41) is -0.0336. The molecule has 1 nitrogen and oxygen atoms in total. The predicted octanol–water partition coefficient (Wildman–Crippen LogP) is 3.87. The van der Waals surface area contributed by atoms with E-state index < -0.39 is 11.6 Å². The van der Waals surface area contributed by atoms with Crippen molar-refractivity contribution in [1.82, 2.24) is 0 Å². The van der Waals surface area contributed by atoms with Gasteiger partial charge in [-0.25, -0.2) is 8.78 Å². The summed E-state index contributed by atoms with van der Waals surface area (Å²) in [5.74, 6) is -0.982. The van der Waals surface area contributed by atoms with Gasteiger partial charge in [-0.1, -0.05) is 17.7 Å². The summed E-state index contributed by atoms with van der Waals surface area (Å²) in [4.78, 5) is 0. The molecule has 2 rings (SSSR count). The molecule has 0 aromatic heterocycles. The Bertz CT molecular complexity index is 541.